The van der Waals surface area contributed by atoms with Gasteiger partial charge in [0.05, 0.1) is 11.2 Å². The molecule has 1 fully saturated rings. The zero-order valence-electron chi connectivity index (χ0n) is 18.5. The summed E-state index contributed by atoms with van der Waals surface area (Å²) in [5, 5.41) is 0. The number of hydrogen-bond donors (Lipinski definition) is 0. The van der Waals surface area contributed by atoms with E-state index in [1.54, 1.807) is 0 Å². The summed E-state index contributed by atoms with van der Waals surface area (Å²) >= 11 is 0. The van der Waals surface area contributed by atoms with Gasteiger partial charge in [0.25, 0.3) is 0 Å². The van der Waals surface area contributed by atoms with E-state index >= 15 is 0 Å². The summed E-state index contributed by atoms with van der Waals surface area (Å²) in [5.41, 5.74) is 2.68. The van der Waals surface area contributed by atoms with Crippen LogP contribution in [-0.2, 0) is 9.31 Å². The zero-order chi connectivity index (χ0) is 22.1. The minimum absolute atomic E-state index is 0.0552. The molecule has 31 heavy (non-hydrogen) atoms. The van der Waals surface area contributed by atoms with Crippen molar-refractivity contribution in [2.24, 2.45) is 0 Å². The number of benzene rings is 3. The first-order valence-electron chi connectivity index (χ1n) is 10.6. The second kappa shape index (κ2) is 8.29. The number of ketones is 1. The summed E-state index contributed by atoms with van der Waals surface area (Å²) in [7, 11) is -0.671. The molecule has 0 unspecified atom stereocenters. The fraction of sp³-hybridized carbons (Fsp3) is 0.222. The molecule has 0 spiro atoms. The molecule has 1 saturated heterocycles. The first kappa shape index (κ1) is 21.3. The van der Waals surface area contributed by atoms with Crippen LogP contribution in [0, 0.1) is 0 Å². The van der Waals surface area contributed by atoms with Gasteiger partial charge in [-0.25, -0.2) is 0 Å². The van der Waals surface area contributed by atoms with E-state index in [-0.39, 0.29) is 5.78 Å². The van der Waals surface area contributed by atoms with Crippen molar-refractivity contribution in [3.8, 4) is 0 Å². The van der Waals surface area contributed by atoms with E-state index in [2.05, 4.69) is 0 Å². The molecule has 4 heteroatoms. The highest BCUT2D eigenvalue weighted by Crippen LogP contribution is 2.43. The summed E-state index contributed by atoms with van der Waals surface area (Å²) in [4.78, 5) is 13.9. The van der Waals surface area contributed by atoms with E-state index in [1.165, 1.54) is 0 Å². The molecule has 1 aliphatic heterocycles. The minimum Gasteiger partial charge on any atom is -0.399 e. The minimum atomic E-state index is -0.671. The normalized spacial score (nSPS) is 17.9. The van der Waals surface area contributed by atoms with Crippen LogP contribution in [0.5, 0.6) is 0 Å². The molecule has 0 amide bonds. The number of allylic oxidation sites excluding steroid dienone is 1. The lowest BCUT2D eigenvalue weighted by Crippen LogP contribution is -2.41. The second-order valence-corrected chi connectivity index (χ2v) is 8.80. The Balaban J connectivity index is 1.99. The van der Waals surface area contributed by atoms with Gasteiger partial charge in [-0.15, -0.1) is 0 Å². The molecular formula is C27H27BO3. The van der Waals surface area contributed by atoms with Crippen molar-refractivity contribution >= 4 is 23.9 Å². The highest BCUT2D eigenvalue weighted by Gasteiger charge is 2.53. The summed E-state index contributed by atoms with van der Waals surface area (Å²) in [6, 6.07) is 29.0. The summed E-state index contributed by atoms with van der Waals surface area (Å²) in [6.45, 7) is 8.10. The van der Waals surface area contributed by atoms with Crippen molar-refractivity contribution in [2.45, 2.75) is 38.9 Å². The Bertz CT molecular complexity index is 1070. The lowest BCUT2D eigenvalue weighted by molar-refractivity contribution is 0.00578. The predicted octanol–water partition coefficient (Wildman–Crippen LogP) is 6.11. The van der Waals surface area contributed by atoms with E-state index in [4.69, 9.17) is 9.31 Å². The maximum atomic E-state index is 13.9. The molecule has 0 atom stereocenters. The molecular weight excluding hydrogens is 383 g/mol. The molecule has 0 aliphatic carbocycles. The average Bonchev–Trinajstić information content (AvgIpc) is 2.99. The molecule has 0 radical (unpaired) electrons. The van der Waals surface area contributed by atoms with Crippen LogP contribution in [0.15, 0.2) is 91.0 Å². The Morgan fingerprint density at radius 2 is 1.00 bits per heavy atom. The maximum Gasteiger partial charge on any atom is 0.496 e. The third-order valence-electron chi connectivity index (χ3n) is 6.17. The molecule has 0 N–H and O–H groups in total. The number of carbonyl (C=O) groups excluding carboxylic acids is 1. The molecule has 0 saturated carbocycles. The van der Waals surface area contributed by atoms with Crippen LogP contribution in [0.4, 0.5) is 0 Å². The number of carbonyl (C=O) groups is 1. The van der Waals surface area contributed by atoms with Crippen molar-refractivity contribution in [1.82, 2.24) is 0 Å². The smallest absolute Gasteiger partial charge is 0.399 e. The van der Waals surface area contributed by atoms with Gasteiger partial charge in [-0.3, -0.25) is 4.79 Å². The molecule has 1 heterocycles. The molecule has 3 aromatic rings. The Morgan fingerprint density at radius 1 is 0.613 bits per heavy atom. The third-order valence-corrected chi connectivity index (χ3v) is 6.17. The number of hydrogen-bond acceptors (Lipinski definition) is 3. The fourth-order valence-electron chi connectivity index (χ4n) is 3.72. The highest BCUT2D eigenvalue weighted by atomic mass is 16.7. The van der Waals surface area contributed by atoms with Crippen LogP contribution in [0.1, 0.15) is 49.2 Å². The predicted molar refractivity (Wildman–Crippen MR) is 127 cm³/mol. The van der Waals surface area contributed by atoms with E-state index in [0.717, 1.165) is 16.6 Å². The van der Waals surface area contributed by atoms with Gasteiger partial charge in [-0.1, -0.05) is 91.0 Å². The molecule has 3 aromatic carbocycles. The van der Waals surface area contributed by atoms with Gasteiger partial charge in [0.2, 0.25) is 0 Å². The summed E-state index contributed by atoms with van der Waals surface area (Å²) in [5.74, 6) is -0.0552. The first-order chi connectivity index (χ1) is 14.8. The van der Waals surface area contributed by atoms with Crippen LogP contribution in [0.3, 0.4) is 0 Å². The van der Waals surface area contributed by atoms with E-state index < -0.39 is 18.3 Å². The monoisotopic (exact) mass is 410 g/mol. The van der Waals surface area contributed by atoms with Crippen molar-refractivity contribution < 1.29 is 14.1 Å². The molecule has 3 nitrogen and oxygen atoms in total. The van der Waals surface area contributed by atoms with Gasteiger partial charge in [-0.2, -0.15) is 0 Å². The molecule has 1 aliphatic rings. The van der Waals surface area contributed by atoms with Crippen molar-refractivity contribution in [1.29, 1.82) is 0 Å². The van der Waals surface area contributed by atoms with Crippen LogP contribution < -0.4 is 0 Å². The quantitative estimate of drug-likeness (QED) is 0.220. The first-order valence-corrected chi connectivity index (χ1v) is 10.6. The van der Waals surface area contributed by atoms with Gasteiger partial charge in [0, 0.05) is 16.6 Å². The van der Waals surface area contributed by atoms with E-state index in [1.807, 2.05) is 119 Å². The van der Waals surface area contributed by atoms with Crippen LogP contribution in [0.25, 0.3) is 11.0 Å². The Morgan fingerprint density at radius 3 is 1.45 bits per heavy atom. The van der Waals surface area contributed by atoms with E-state index in [9.17, 15) is 4.79 Å². The van der Waals surface area contributed by atoms with E-state index in [0.29, 0.717) is 11.1 Å². The Kier molecular flexibility index (Phi) is 5.70. The van der Waals surface area contributed by atoms with Gasteiger partial charge in [-0.05, 0) is 38.8 Å². The fourth-order valence-corrected chi connectivity index (χ4v) is 3.72. The number of rotatable bonds is 5. The molecule has 4 rings (SSSR count). The SMILES string of the molecule is CC1(C)OB(/C(=C(\C(=O)c2ccccc2)c2ccccc2)c2ccccc2)OC1(C)C. The number of Topliss-reactive ketones (excluding diaryl/α,β-unsaturated/α-hetero) is 1. The standard InChI is InChI=1S/C27H27BO3/c1-26(2)27(3,4)31-28(30-26)24(21-16-10-6-11-17-21)23(20-14-8-5-9-15-20)25(29)22-18-12-7-13-19-22/h5-19H,1-4H3/b24-23-. The van der Waals surface area contributed by atoms with Crippen LogP contribution >= 0.6 is 0 Å². The molecule has 156 valence electrons. The van der Waals surface area contributed by atoms with Crippen LogP contribution in [-0.4, -0.2) is 24.1 Å². The van der Waals surface area contributed by atoms with Crippen molar-refractivity contribution in [2.75, 3.05) is 0 Å². The van der Waals surface area contributed by atoms with Gasteiger partial charge in [0.1, 0.15) is 0 Å². The van der Waals surface area contributed by atoms with Crippen molar-refractivity contribution in [3.63, 3.8) is 0 Å². The van der Waals surface area contributed by atoms with Crippen LogP contribution in [0.2, 0.25) is 0 Å². The van der Waals surface area contributed by atoms with Gasteiger partial charge >= 0.3 is 7.12 Å². The lowest BCUT2D eigenvalue weighted by atomic mass is 9.69. The topological polar surface area (TPSA) is 35.5 Å². The lowest BCUT2D eigenvalue weighted by Gasteiger charge is -2.32. The average molecular weight is 410 g/mol. The van der Waals surface area contributed by atoms with Crippen molar-refractivity contribution in [3.05, 3.63) is 108 Å². The zero-order valence-corrected chi connectivity index (χ0v) is 18.5. The highest BCUT2D eigenvalue weighted by molar-refractivity contribution is 6.73. The van der Waals surface area contributed by atoms with Gasteiger partial charge < -0.3 is 9.31 Å². The second-order valence-electron chi connectivity index (χ2n) is 8.80. The maximum absolute atomic E-state index is 13.9. The molecule has 0 bridgehead atoms. The summed E-state index contributed by atoms with van der Waals surface area (Å²) in [6.07, 6.45) is 0. The largest absolute Gasteiger partial charge is 0.496 e. The third kappa shape index (κ3) is 4.14. The Labute approximate surface area is 184 Å². The molecule has 0 aromatic heterocycles. The summed E-state index contributed by atoms with van der Waals surface area (Å²) < 4.78 is 12.9. The van der Waals surface area contributed by atoms with Gasteiger partial charge in [0.15, 0.2) is 5.78 Å². The Hall–Kier alpha value is -2.95.